The summed E-state index contributed by atoms with van der Waals surface area (Å²) in [5.41, 5.74) is 4.10. The van der Waals surface area contributed by atoms with Crippen LogP contribution in [0.3, 0.4) is 0 Å². The van der Waals surface area contributed by atoms with Crippen molar-refractivity contribution in [1.29, 1.82) is 0 Å². The Labute approximate surface area is 221 Å². The summed E-state index contributed by atoms with van der Waals surface area (Å²) in [4.78, 5) is 15.0. The van der Waals surface area contributed by atoms with Crippen LogP contribution in [-0.4, -0.2) is 49.8 Å². The maximum atomic E-state index is 12.4. The van der Waals surface area contributed by atoms with Crippen molar-refractivity contribution in [2.45, 2.75) is 26.3 Å². The quantitative estimate of drug-likeness (QED) is 0.250. The Kier molecular flexibility index (Phi) is 7.26. The van der Waals surface area contributed by atoms with Crippen molar-refractivity contribution in [1.82, 2.24) is 29.9 Å². The third-order valence-electron chi connectivity index (χ3n) is 5.99. The molecule has 0 aliphatic heterocycles. The molecule has 0 atom stereocenters. The molecule has 4 heterocycles. The Morgan fingerprint density at radius 3 is 2.46 bits per heavy atom. The lowest BCUT2D eigenvalue weighted by atomic mass is 10.2. The van der Waals surface area contributed by atoms with Gasteiger partial charge in [0.05, 0.1) is 6.54 Å². The average molecular weight is 536 g/mol. The molecule has 0 spiro atoms. The van der Waals surface area contributed by atoms with Gasteiger partial charge in [0.15, 0.2) is 5.69 Å². The van der Waals surface area contributed by atoms with Crippen LogP contribution in [0.4, 0.5) is 19.0 Å². The van der Waals surface area contributed by atoms with Crippen molar-refractivity contribution in [3.63, 3.8) is 0 Å². The molecule has 5 aromatic rings. The van der Waals surface area contributed by atoms with Crippen molar-refractivity contribution in [2.24, 2.45) is 0 Å². The molecule has 5 rings (SSSR count). The summed E-state index contributed by atoms with van der Waals surface area (Å²) in [5, 5.41) is 8.57. The largest absolute Gasteiger partial charge is 0.573 e. The molecule has 39 heavy (non-hydrogen) atoms. The van der Waals surface area contributed by atoms with Crippen LogP contribution in [0.25, 0.3) is 23.0 Å². The highest BCUT2D eigenvalue weighted by Gasteiger charge is 2.31. The third-order valence-corrected chi connectivity index (χ3v) is 5.99. The Bertz CT molecular complexity index is 1530. The number of ether oxygens (including phenoxy) is 1. The van der Waals surface area contributed by atoms with Gasteiger partial charge in [-0.3, -0.25) is 9.67 Å². The molecule has 0 bridgehead atoms. The van der Waals surface area contributed by atoms with E-state index in [0.717, 1.165) is 30.0 Å². The second-order valence-electron chi connectivity index (χ2n) is 8.87. The monoisotopic (exact) mass is 535 g/mol. The van der Waals surface area contributed by atoms with Gasteiger partial charge in [0, 0.05) is 43.4 Å². The third kappa shape index (κ3) is 6.58. The van der Waals surface area contributed by atoms with Crippen LogP contribution in [-0.2, 0) is 13.0 Å². The zero-order chi connectivity index (χ0) is 27.4. The first-order valence-corrected chi connectivity index (χ1v) is 12.0. The highest BCUT2D eigenvalue weighted by Crippen LogP contribution is 2.27. The number of halogens is 3. The predicted octanol–water partition coefficient (Wildman–Crippen LogP) is 5.32. The summed E-state index contributed by atoms with van der Waals surface area (Å²) >= 11 is 0. The van der Waals surface area contributed by atoms with Crippen LogP contribution in [0.2, 0.25) is 0 Å². The number of anilines is 1. The lowest BCUT2D eigenvalue weighted by Gasteiger charge is -2.19. The first-order chi connectivity index (χ1) is 18.7. The second-order valence-corrected chi connectivity index (χ2v) is 8.87. The molecule has 0 saturated carbocycles. The fraction of sp³-hybridized carbons (Fsp3) is 0.222. The molecule has 12 heteroatoms. The van der Waals surface area contributed by atoms with E-state index < -0.39 is 6.36 Å². The molecule has 0 amide bonds. The summed E-state index contributed by atoms with van der Waals surface area (Å²) in [6, 6.07) is 15.1. The van der Waals surface area contributed by atoms with Crippen molar-refractivity contribution < 1.29 is 22.4 Å². The normalized spacial score (nSPS) is 11.5. The Hall–Kier alpha value is -4.74. The number of pyridine rings is 2. The number of alkyl halides is 3. The maximum Gasteiger partial charge on any atom is 0.573 e. The van der Waals surface area contributed by atoms with Crippen LogP contribution >= 0.6 is 0 Å². The average Bonchev–Trinajstić information content (AvgIpc) is 3.55. The first kappa shape index (κ1) is 25.9. The van der Waals surface area contributed by atoms with E-state index in [-0.39, 0.29) is 17.5 Å². The first-order valence-electron chi connectivity index (χ1n) is 12.0. The number of hydrogen-bond acceptors (Lipinski definition) is 8. The molecule has 0 N–H and O–H groups in total. The summed E-state index contributed by atoms with van der Waals surface area (Å²) in [6.45, 7) is 3.25. The lowest BCUT2D eigenvalue weighted by Crippen LogP contribution is -2.21. The van der Waals surface area contributed by atoms with Gasteiger partial charge in [0.1, 0.15) is 11.6 Å². The topological polar surface area (TPSA) is 95.0 Å². The number of likely N-dealkylation sites (N-methyl/N-ethyl adjacent to an activating group) is 1. The zero-order valence-corrected chi connectivity index (χ0v) is 21.1. The van der Waals surface area contributed by atoms with Gasteiger partial charge in [-0.25, -0.2) is 4.98 Å². The van der Waals surface area contributed by atoms with Gasteiger partial charge < -0.3 is 14.2 Å². The summed E-state index contributed by atoms with van der Waals surface area (Å²) in [7, 11) is 2.01. The summed E-state index contributed by atoms with van der Waals surface area (Å²) < 4.78 is 48.3. The lowest BCUT2D eigenvalue weighted by molar-refractivity contribution is -0.274. The zero-order valence-electron chi connectivity index (χ0n) is 21.1. The van der Waals surface area contributed by atoms with Crippen molar-refractivity contribution >= 4 is 5.82 Å². The van der Waals surface area contributed by atoms with Gasteiger partial charge in [-0.1, -0.05) is 5.16 Å². The van der Waals surface area contributed by atoms with Crippen LogP contribution in [0, 0.1) is 6.92 Å². The van der Waals surface area contributed by atoms with E-state index in [1.807, 2.05) is 49.0 Å². The molecule has 0 fully saturated rings. The number of aromatic nitrogens is 6. The molecule has 1 aromatic carbocycles. The van der Waals surface area contributed by atoms with Crippen LogP contribution in [0.15, 0.2) is 77.7 Å². The van der Waals surface area contributed by atoms with Crippen molar-refractivity contribution in [3.8, 4) is 28.7 Å². The summed E-state index contributed by atoms with van der Waals surface area (Å²) in [5.74, 6) is 0.960. The predicted molar refractivity (Wildman–Crippen MR) is 137 cm³/mol. The van der Waals surface area contributed by atoms with Gasteiger partial charge in [-0.15, -0.1) is 13.2 Å². The molecule has 0 aliphatic carbocycles. The van der Waals surface area contributed by atoms with Gasteiger partial charge in [0.25, 0.3) is 5.89 Å². The van der Waals surface area contributed by atoms with Gasteiger partial charge >= 0.3 is 6.36 Å². The van der Waals surface area contributed by atoms with Crippen molar-refractivity contribution in [3.05, 3.63) is 90.0 Å². The minimum Gasteiger partial charge on any atom is -0.406 e. The minimum absolute atomic E-state index is 0.203. The fourth-order valence-electron chi connectivity index (χ4n) is 3.93. The second kappa shape index (κ2) is 10.9. The fourth-order valence-corrected chi connectivity index (χ4v) is 3.93. The van der Waals surface area contributed by atoms with Crippen LogP contribution in [0.5, 0.6) is 5.75 Å². The smallest absolute Gasteiger partial charge is 0.406 e. The van der Waals surface area contributed by atoms with E-state index >= 15 is 0 Å². The molecule has 0 aliphatic rings. The van der Waals surface area contributed by atoms with Crippen molar-refractivity contribution in [2.75, 3.05) is 18.5 Å². The van der Waals surface area contributed by atoms with E-state index in [9.17, 15) is 13.2 Å². The number of aryl methyl sites for hydroxylation is 1. The van der Waals surface area contributed by atoms with E-state index in [4.69, 9.17) is 4.52 Å². The Morgan fingerprint density at radius 1 is 0.974 bits per heavy atom. The molecular formula is C27H24F3N7O2. The number of benzene rings is 1. The van der Waals surface area contributed by atoms with E-state index in [1.54, 1.807) is 18.6 Å². The minimum atomic E-state index is -4.76. The van der Waals surface area contributed by atoms with E-state index in [2.05, 4.69) is 34.8 Å². The standard InChI is InChI=1S/C27H24F3N7O2/c1-18-15-23(26-33-25(35-39-26)21-3-5-22(6-4-21)38-27(28,29)30)34-37(18)17-20-9-13-32-24(16-20)36(2)14-10-19-7-11-31-12-8-19/h3-9,11-13,15-16H,10,14,17H2,1-2H3. The number of hydrogen-bond donors (Lipinski definition) is 0. The molecule has 0 radical (unpaired) electrons. The maximum absolute atomic E-state index is 12.4. The van der Waals surface area contributed by atoms with E-state index in [1.165, 1.54) is 29.8 Å². The number of nitrogens with zero attached hydrogens (tertiary/aromatic N) is 7. The molecular weight excluding hydrogens is 511 g/mol. The van der Waals surface area contributed by atoms with Gasteiger partial charge in [0.2, 0.25) is 5.82 Å². The molecule has 9 nitrogen and oxygen atoms in total. The Morgan fingerprint density at radius 2 is 1.72 bits per heavy atom. The van der Waals surface area contributed by atoms with E-state index in [0.29, 0.717) is 17.8 Å². The SMILES string of the molecule is Cc1cc(-c2nc(-c3ccc(OC(F)(F)F)cc3)no2)nn1Cc1ccnc(N(C)CCc2ccncc2)c1. The van der Waals surface area contributed by atoms with Gasteiger partial charge in [-0.05, 0) is 79.1 Å². The van der Waals surface area contributed by atoms with Crippen LogP contribution in [0.1, 0.15) is 16.8 Å². The van der Waals surface area contributed by atoms with Crippen LogP contribution < -0.4 is 9.64 Å². The molecule has 0 saturated heterocycles. The summed E-state index contributed by atoms with van der Waals surface area (Å²) in [6.07, 6.45) is 1.48. The molecule has 0 unspecified atom stereocenters. The highest BCUT2D eigenvalue weighted by molar-refractivity contribution is 5.59. The molecule has 4 aromatic heterocycles. The molecule has 200 valence electrons. The van der Waals surface area contributed by atoms with Gasteiger partial charge in [-0.2, -0.15) is 10.1 Å². The number of rotatable bonds is 9. The Balaban J connectivity index is 1.26. The highest BCUT2D eigenvalue weighted by atomic mass is 19.4.